The van der Waals surface area contributed by atoms with Crippen molar-refractivity contribution in [1.29, 1.82) is 0 Å². The molecule has 0 aliphatic heterocycles. The Morgan fingerprint density at radius 1 is 1.00 bits per heavy atom. The van der Waals surface area contributed by atoms with Crippen molar-refractivity contribution < 1.29 is 19.4 Å². The summed E-state index contributed by atoms with van der Waals surface area (Å²) in [5.41, 5.74) is 4.40. The van der Waals surface area contributed by atoms with Gasteiger partial charge in [-0.25, -0.2) is 4.98 Å². The van der Waals surface area contributed by atoms with Gasteiger partial charge in [-0.05, 0) is 85.2 Å². The van der Waals surface area contributed by atoms with Gasteiger partial charge in [-0.15, -0.1) is 0 Å². The monoisotopic (exact) mass is 507 g/mol. The molecule has 0 spiro atoms. The topological polar surface area (TPSA) is 76.5 Å². The molecule has 0 unspecified atom stereocenters. The number of fused-ring (bicyclic) bond motifs is 1. The van der Waals surface area contributed by atoms with Crippen LogP contribution in [0.1, 0.15) is 51.3 Å². The van der Waals surface area contributed by atoms with Gasteiger partial charge >= 0.3 is 0 Å². The van der Waals surface area contributed by atoms with E-state index in [9.17, 15) is 14.7 Å². The van der Waals surface area contributed by atoms with Gasteiger partial charge in [0.25, 0.3) is 0 Å². The van der Waals surface area contributed by atoms with Gasteiger partial charge in [0, 0.05) is 5.39 Å². The Morgan fingerprint density at radius 2 is 1.74 bits per heavy atom. The summed E-state index contributed by atoms with van der Waals surface area (Å²) >= 11 is 0. The van der Waals surface area contributed by atoms with Crippen LogP contribution < -0.4 is 4.74 Å². The standard InChI is InChI=1S/C33H33NO4/c1-22-8-7-19-33(2,3)27(22)15-18-30(36)26(21-25-14-13-24-9-5-6-10-28(24)34-25)29(35)16-11-23-12-17-31(37)32(20-23)38-4/h5-6,9-18,20-21,37H,7-8,19H2,1-4H3. The molecule has 5 nitrogen and oxygen atoms in total. The Hall–Kier alpha value is -4.25. The first kappa shape index (κ1) is 26.8. The Bertz CT molecular complexity index is 1500. The number of carbonyl (C=O) groups is 2. The van der Waals surface area contributed by atoms with E-state index in [0.717, 1.165) is 35.7 Å². The van der Waals surface area contributed by atoms with Crippen LogP contribution in [0.4, 0.5) is 0 Å². The number of phenols is 1. The molecule has 0 bridgehead atoms. The van der Waals surface area contributed by atoms with Gasteiger partial charge in [-0.1, -0.05) is 61.9 Å². The Morgan fingerprint density at radius 3 is 2.47 bits per heavy atom. The molecule has 0 atom stereocenters. The van der Waals surface area contributed by atoms with E-state index in [1.54, 1.807) is 30.4 Å². The van der Waals surface area contributed by atoms with Crippen LogP contribution in [-0.2, 0) is 9.59 Å². The number of carbonyl (C=O) groups excluding carboxylic acids is 2. The third kappa shape index (κ3) is 6.17. The van der Waals surface area contributed by atoms with E-state index in [1.165, 1.54) is 30.9 Å². The van der Waals surface area contributed by atoms with Crippen LogP contribution in [0.15, 0.2) is 89.5 Å². The summed E-state index contributed by atoms with van der Waals surface area (Å²) in [5, 5.41) is 10.8. The van der Waals surface area contributed by atoms with Crippen LogP contribution in [0.2, 0.25) is 0 Å². The number of pyridine rings is 1. The first-order valence-electron chi connectivity index (χ1n) is 12.8. The van der Waals surface area contributed by atoms with Gasteiger partial charge in [0.15, 0.2) is 23.1 Å². The van der Waals surface area contributed by atoms with E-state index in [4.69, 9.17) is 4.74 Å². The number of ketones is 2. The summed E-state index contributed by atoms with van der Waals surface area (Å²) in [4.78, 5) is 31.4. The Balaban J connectivity index is 1.70. The number of hydrogen-bond donors (Lipinski definition) is 1. The number of rotatable bonds is 8. The fourth-order valence-electron chi connectivity index (χ4n) is 4.89. The number of ether oxygens (including phenoxy) is 1. The Kier molecular flexibility index (Phi) is 8.06. The predicted octanol–water partition coefficient (Wildman–Crippen LogP) is 7.27. The molecule has 1 aliphatic rings. The van der Waals surface area contributed by atoms with Crippen LogP contribution in [0.5, 0.6) is 11.5 Å². The van der Waals surface area contributed by atoms with Crippen molar-refractivity contribution in [3.8, 4) is 11.5 Å². The largest absolute Gasteiger partial charge is 0.504 e. The van der Waals surface area contributed by atoms with Crippen LogP contribution in [0.25, 0.3) is 23.1 Å². The highest BCUT2D eigenvalue weighted by atomic mass is 16.5. The van der Waals surface area contributed by atoms with Crippen LogP contribution in [0, 0.1) is 5.41 Å². The number of hydrogen-bond acceptors (Lipinski definition) is 5. The second-order valence-corrected chi connectivity index (χ2v) is 10.2. The van der Waals surface area contributed by atoms with Crippen molar-refractivity contribution in [2.24, 2.45) is 5.41 Å². The minimum atomic E-state index is -0.435. The van der Waals surface area contributed by atoms with Gasteiger partial charge in [0.2, 0.25) is 0 Å². The van der Waals surface area contributed by atoms with Gasteiger partial charge in [-0.2, -0.15) is 0 Å². The fraction of sp³-hybridized carbons (Fsp3) is 0.242. The molecule has 1 N–H and O–H groups in total. The molecule has 3 aromatic rings. The summed E-state index contributed by atoms with van der Waals surface area (Å²) in [6, 6.07) is 16.2. The molecule has 5 heteroatoms. The van der Waals surface area contributed by atoms with Crippen molar-refractivity contribution in [3.05, 3.63) is 101 Å². The highest BCUT2D eigenvalue weighted by molar-refractivity contribution is 6.30. The van der Waals surface area contributed by atoms with Crippen LogP contribution >= 0.6 is 0 Å². The van der Waals surface area contributed by atoms with E-state index in [2.05, 4.69) is 25.8 Å². The van der Waals surface area contributed by atoms with Crippen molar-refractivity contribution in [2.45, 2.75) is 40.0 Å². The molecule has 0 saturated heterocycles. The number of aromatic nitrogens is 1. The zero-order valence-corrected chi connectivity index (χ0v) is 22.3. The second-order valence-electron chi connectivity index (χ2n) is 10.2. The molecule has 0 amide bonds. The van der Waals surface area contributed by atoms with E-state index >= 15 is 0 Å². The molecule has 0 saturated carbocycles. The summed E-state index contributed by atoms with van der Waals surface area (Å²) in [7, 11) is 1.46. The van der Waals surface area contributed by atoms with Gasteiger partial charge in [-0.3, -0.25) is 9.59 Å². The van der Waals surface area contributed by atoms with Gasteiger partial charge < -0.3 is 9.84 Å². The smallest absolute Gasteiger partial charge is 0.189 e. The summed E-state index contributed by atoms with van der Waals surface area (Å²) in [5.74, 6) is -0.502. The highest BCUT2D eigenvalue weighted by Crippen LogP contribution is 2.40. The molecule has 0 radical (unpaired) electrons. The third-order valence-electron chi connectivity index (χ3n) is 7.02. The zero-order valence-electron chi connectivity index (χ0n) is 22.3. The second kappa shape index (κ2) is 11.4. The summed E-state index contributed by atoms with van der Waals surface area (Å²) in [6.45, 7) is 6.49. The normalized spacial score (nSPS) is 15.9. The van der Waals surface area contributed by atoms with E-state index < -0.39 is 5.78 Å². The van der Waals surface area contributed by atoms with E-state index in [1.807, 2.05) is 36.4 Å². The average molecular weight is 508 g/mol. The number of nitrogens with zero attached hydrogens (tertiary/aromatic N) is 1. The lowest BCUT2D eigenvalue weighted by molar-refractivity contribution is -0.116. The highest BCUT2D eigenvalue weighted by Gasteiger charge is 2.27. The molecule has 2 aromatic carbocycles. The molecular weight excluding hydrogens is 474 g/mol. The SMILES string of the molecule is COc1cc(C=CC(=O)C(=Cc2ccc3ccccc3n2)C(=O)C=CC2=C(C)CCCC2(C)C)ccc1O. The van der Waals surface area contributed by atoms with Crippen molar-refractivity contribution in [2.75, 3.05) is 7.11 Å². The molecular formula is C33H33NO4. The minimum absolute atomic E-state index is 0.00879. The van der Waals surface area contributed by atoms with Gasteiger partial charge in [0.05, 0.1) is 23.9 Å². The maximum Gasteiger partial charge on any atom is 0.189 e. The molecule has 1 aliphatic carbocycles. The summed E-state index contributed by atoms with van der Waals surface area (Å²) < 4.78 is 5.15. The zero-order chi connectivity index (χ0) is 27.3. The lowest BCUT2D eigenvalue weighted by Gasteiger charge is -2.32. The average Bonchev–Trinajstić information content (AvgIpc) is 2.90. The number of para-hydroxylation sites is 1. The van der Waals surface area contributed by atoms with Crippen LogP contribution in [-0.4, -0.2) is 28.8 Å². The Labute approximate surface area is 223 Å². The first-order chi connectivity index (χ1) is 18.2. The molecule has 194 valence electrons. The van der Waals surface area contributed by atoms with Crippen molar-refractivity contribution in [3.63, 3.8) is 0 Å². The van der Waals surface area contributed by atoms with Gasteiger partial charge in [0.1, 0.15) is 0 Å². The van der Waals surface area contributed by atoms with Crippen molar-refractivity contribution >= 4 is 34.6 Å². The number of allylic oxidation sites excluding steroid dienone is 6. The van der Waals surface area contributed by atoms with E-state index in [-0.39, 0.29) is 22.5 Å². The van der Waals surface area contributed by atoms with Crippen molar-refractivity contribution in [1.82, 2.24) is 4.98 Å². The van der Waals surface area contributed by atoms with E-state index in [0.29, 0.717) is 17.0 Å². The number of phenolic OH excluding ortho intramolecular Hbond substituents is 1. The maximum atomic E-state index is 13.5. The lowest BCUT2D eigenvalue weighted by atomic mass is 9.72. The molecule has 4 rings (SSSR count). The first-order valence-corrected chi connectivity index (χ1v) is 12.8. The number of aromatic hydroxyl groups is 1. The summed E-state index contributed by atoms with van der Waals surface area (Å²) in [6.07, 6.45) is 11.1. The molecule has 1 heterocycles. The van der Waals surface area contributed by atoms with Crippen LogP contribution in [0.3, 0.4) is 0 Å². The lowest BCUT2D eigenvalue weighted by Crippen LogP contribution is -2.19. The predicted molar refractivity (Wildman–Crippen MR) is 153 cm³/mol. The third-order valence-corrected chi connectivity index (χ3v) is 7.02. The molecule has 38 heavy (non-hydrogen) atoms. The molecule has 1 aromatic heterocycles. The number of benzene rings is 2. The molecule has 0 fully saturated rings. The number of methoxy groups -OCH3 is 1. The fourth-order valence-corrected chi connectivity index (χ4v) is 4.89. The maximum absolute atomic E-state index is 13.5. The minimum Gasteiger partial charge on any atom is -0.504 e. The quantitative estimate of drug-likeness (QED) is 0.197.